The van der Waals surface area contributed by atoms with Gasteiger partial charge in [-0.15, -0.1) is 11.3 Å². The fraction of sp³-hybridized carbons (Fsp3) is 0.375. The van der Waals surface area contributed by atoms with Crippen LogP contribution in [0.5, 0.6) is 0 Å². The van der Waals surface area contributed by atoms with Crippen molar-refractivity contribution < 1.29 is 9.90 Å². The third kappa shape index (κ3) is 3.34. The zero-order valence-corrected chi connectivity index (χ0v) is 8.49. The molecule has 72 valence electrons. The Balaban J connectivity index is 2.41. The van der Waals surface area contributed by atoms with E-state index >= 15 is 0 Å². The van der Waals surface area contributed by atoms with Gasteiger partial charge in [-0.05, 0) is 17.9 Å². The molecule has 5 heteroatoms. The second kappa shape index (κ2) is 5.21. The molecule has 1 rings (SSSR count). The van der Waals surface area contributed by atoms with Gasteiger partial charge in [-0.1, -0.05) is 11.6 Å². The van der Waals surface area contributed by atoms with Crippen LogP contribution in [0.4, 0.5) is 5.69 Å². The molecule has 0 spiro atoms. The number of hydrogen-bond donors (Lipinski definition) is 2. The molecule has 0 saturated heterocycles. The van der Waals surface area contributed by atoms with Crippen molar-refractivity contribution in [3.05, 3.63) is 15.8 Å². The van der Waals surface area contributed by atoms with Gasteiger partial charge in [0.1, 0.15) is 4.34 Å². The van der Waals surface area contributed by atoms with Crippen LogP contribution in [0.3, 0.4) is 0 Å². The van der Waals surface area contributed by atoms with Gasteiger partial charge in [-0.2, -0.15) is 0 Å². The zero-order valence-electron chi connectivity index (χ0n) is 6.92. The summed E-state index contributed by atoms with van der Waals surface area (Å²) >= 11 is 7.14. The fourth-order valence-corrected chi connectivity index (χ4v) is 1.67. The molecule has 1 heterocycles. The van der Waals surface area contributed by atoms with Gasteiger partial charge in [0.2, 0.25) is 5.91 Å². The number of hydrogen-bond acceptors (Lipinski definition) is 3. The average molecular weight is 220 g/mol. The molecule has 1 amide bonds. The van der Waals surface area contributed by atoms with Crippen molar-refractivity contribution in [3.63, 3.8) is 0 Å². The van der Waals surface area contributed by atoms with Crippen LogP contribution >= 0.6 is 22.9 Å². The Hall–Kier alpha value is -0.580. The van der Waals surface area contributed by atoms with Crippen LogP contribution in [0.2, 0.25) is 4.34 Å². The summed E-state index contributed by atoms with van der Waals surface area (Å²) in [6.07, 6.45) is 0.802. The fourth-order valence-electron chi connectivity index (χ4n) is 0.834. The summed E-state index contributed by atoms with van der Waals surface area (Å²) in [4.78, 5) is 11.1. The van der Waals surface area contributed by atoms with Crippen LogP contribution in [-0.2, 0) is 4.79 Å². The quantitative estimate of drug-likeness (QED) is 0.815. The van der Waals surface area contributed by atoms with Crippen LogP contribution in [0, 0.1) is 0 Å². The van der Waals surface area contributed by atoms with Crippen molar-refractivity contribution in [2.24, 2.45) is 0 Å². The molecule has 0 atom stereocenters. The molecule has 0 radical (unpaired) electrons. The summed E-state index contributed by atoms with van der Waals surface area (Å²) in [5.74, 6) is -0.116. The predicted molar refractivity (Wildman–Crippen MR) is 54.3 cm³/mol. The van der Waals surface area contributed by atoms with Crippen LogP contribution in [-0.4, -0.2) is 17.6 Å². The lowest BCUT2D eigenvalue weighted by molar-refractivity contribution is -0.116. The lowest BCUT2D eigenvalue weighted by Gasteiger charge is -2.01. The summed E-state index contributed by atoms with van der Waals surface area (Å²) in [6, 6.07) is 1.75. The summed E-state index contributed by atoms with van der Waals surface area (Å²) in [6.45, 7) is 0.0325. The van der Waals surface area contributed by atoms with E-state index in [1.165, 1.54) is 11.3 Å². The molecular weight excluding hydrogens is 210 g/mol. The second-order valence-electron chi connectivity index (χ2n) is 2.48. The maximum Gasteiger partial charge on any atom is 0.224 e. The highest BCUT2D eigenvalue weighted by Gasteiger charge is 2.05. The van der Waals surface area contributed by atoms with E-state index in [1.54, 1.807) is 6.07 Å². The molecule has 0 bridgehead atoms. The van der Waals surface area contributed by atoms with Gasteiger partial charge >= 0.3 is 0 Å². The minimum absolute atomic E-state index is 0.0325. The molecule has 0 aliphatic carbocycles. The Morgan fingerprint density at radius 1 is 1.69 bits per heavy atom. The molecule has 13 heavy (non-hydrogen) atoms. The van der Waals surface area contributed by atoms with E-state index in [0.717, 1.165) is 0 Å². The number of halogens is 1. The van der Waals surface area contributed by atoms with Crippen molar-refractivity contribution in [2.75, 3.05) is 11.9 Å². The van der Waals surface area contributed by atoms with Gasteiger partial charge in [0.25, 0.3) is 0 Å². The number of rotatable bonds is 4. The minimum atomic E-state index is -0.116. The Kier molecular flexibility index (Phi) is 4.21. The normalized spacial score (nSPS) is 10.0. The molecule has 2 N–H and O–H groups in total. The minimum Gasteiger partial charge on any atom is -0.396 e. The van der Waals surface area contributed by atoms with E-state index < -0.39 is 0 Å². The second-order valence-corrected chi connectivity index (χ2v) is 4.00. The number of carbonyl (C=O) groups is 1. The monoisotopic (exact) mass is 219 g/mol. The Morgan fingerprint density at radius 3 is 3.00 bits per heavy atom. The van der Waals surface area contributed by atoms with Crippen molar-refractivity contribution >= 4 is 34.5 Å². The van der Waals surface area contributed by atoms with E-state index in [4.69, 9.17) is 16.7 Å². The Bertz CT molecular complexity index is 287. The lowest BCUT2D eigenvalue weighted by Crippen LogP contribution is -2.11. The third-order valence-corrected chi connectivity index (χ3v) is 2.62. The standard InChI is InChI=1S/C8H10ClNO2S/c9-8-6(3-5-13-8)10-7(12)2-1-4-11/h3,5,11H,1-2,4H2,(H,10,12). The molecule has 0 aliphatic heterocycles. The summed E-state index contributed by atoms with van der Waals surface area (Å²) in [5.41, 5.74) is 0.648. The number of anilines is 1. The summed E-state index contributed by atoms with van der Waals surface area (Å²) < 4.78 is 0.581. The SMILES string of the molecule is O=C(CCCO)Nc1ccsc1Cl. The van der Waals surface area contributed by atoms with E-state index in [2.05, 4.69) is 5.32 Å². The lowest BCUT2D eigenvalue weighted by atomic mass is 10.3. The highest BCUT2D eigenvalue weighted by molar-refractivity contribution is 7.15. The van der Waals surface area contributed by atoms with Gasteiger partial charge in [0.05, 0.1) is 5.69 Å². The zero-order chi connectivity index (χ0) is 9.68. The molecule has 0 saturated carbocycles. The Morgan fingerprint density at radius 2 is 2.46 bits per heavy atom. The first kappa shape index (κ1) is 10.5. The molecule has 1 aromatic heterocycles. The van der Waals surface area contributed by atoms with E-state index in [0.29, 0.717) is 22.9 Å². The Labute approximate surface area is 85.3 Å². The van der Waals surface area contributed by atoms with Crippen molar-refractivity contribution in [1.29, 1.82) is 0 Å². The topological polar surface area (TPSA) is 49.3 Å². The number of aliphatic hydroxyl groups is 1. The van der Waals surface area contributed by atoms with Crippen molar-refractivity contribution in [1.82, 2.24) is 0 Å². The van der Waals surface area contributed by atoms with Crippen molar-refractivity contribution in [2.45, 2.75) is 12.8 Å². The average Bonchev–Trinajstić information content (AvgIpc) is 2.48. The maximum absolute atomic E-state index is 11.1. The number of nitrogens with one attached hydrogen (secondary N) is 1. The number of carbonyl (C=O) groups excluding carboxylic acids is 1. The van der Waals surface area contributed by atoms with Crippen LogP contribution < -0.4 is 5.32 Å². The van der Waals surface area contributed by atoms with E-state index in [1.807, 2.05) is 5.38 Å². The highest BCUT2D eigenvalue weighted by atomic mass is 35.5. The van der Waals surface area contributed by atoms with Gasteiger partial charge < -0.3 is 10.4 Å². The largest absolute Gasteiger partial charge is 0.396 e. The molecule has 0 aliphatic rings. The summed E-state index contributed by atoms with van der Waals surface area (Å²) in [7, 11) is 0. The van der Waals surface area contributed by atoms with Gasteiger partial charge in [0, 0.05) is 13.0 Å². The first-order chi connectivity index (χ1) is 6.24. The van der Waals surface area contributed by atoms with Gasteiger partial charge in [-0.25, -0.2) is 0 Å². The smallest absolute Gasteiger partial charge is 0.224 e. The summed E-state index contributed by atoms with van der Waals surface area (Å²) in [5, 5.41) is 13.0. The van der Waals surface area contributed by atoms with Crippen LogP contribution in [0.1, 0.15) is 12.8 Å². The van der Waals surface area contributed by atoms with Crippen molar-refractivity contribution in [3.8, 4) is 0 Å². The van der Waals surface area contributed by atoms with Gasteiger partial charge in [0.15, 0.2) is 0 Å². The highest BCUT2D eigenvalue weighted by Crippen LogP contribution is 2.27. The first-order valence-corrected chi connectivity index (χ1v) is 5.13. The molecular formula is C8H10ClNO2S. The molecule has 3 nitrogen and oxygen atoms in total. The first-order valence-electron chi connectivity index (χ1n) is 3.87. The third-order valence-electron chi connectivity index (χ3n) is 1.45. The van der Waals surface area contributed by atoms with Crippen LogP contribution in [0.25, 0.3) is 0 Å². The molecule has 1 aromatic rings. The maximum atomic E-state index is 11.1. The van der Waals surface area contributed by atoms with E-state index in [-0.39, 0.29) is 12.5 Å². The number of aliphatic hydroxyl groups excluding tert-OH is 1. The predicted octanol–water partition coefficient (Wildman–Crippen LogP) is 2.11. The van der Waals surface area contributed by atoms with E-state index in [9.17, 15) is 4.79 Å². The number of amides is 1. The molecule has 0 aromatic carbocycles. The molecule has 0 fully saturated rings. The van der Waals surface area contributed by atoms with Gasteiger partial charge in [-0.3, -0.25) is 4.79 Å². The molecule has 0 unspecified atom stereocenters. The van der Waals surface area contributed by atoms with Crippen LogP contribution in [0.15, 0.2) is 11.4 Å². The number of thiophene rings is 1.